The van der Waals surface area contributed by atoms with E-state index in [1.54, 1.807) is 7.11 Å². The maximum absolute atomic E-state index is 12.5. The van der Waals surface area contributed by atoms with Gasteiger partial charge in [-0.3, -0.25) is 4.79 Å². The summed E-state index contributed by atoms with van der Waals surface area (Å²) in [5, 5.41) is 4.39. The number of hydrogen-bond donors (Lipinski definition) is 1. The summed E-state index contributed by atoms with van der Waals surface area (Å²) >= 11 is 12.0. The minimum absolute atomic E-state index is 0.0154. The SMILES string of the molecule is COC(C)(CNC(=O)C1CC1c1ccc(Cl)cc1)c1cccc(Cl)c1. The molecule has 132 valence electrons. The van der Waals surface area contributed by atoms with Crippen LogP contribution in [0, 0.1) is 5.92 Å². The number of benzene rings is 2. The lowest BCUT2D eigenvalue weighted by atomic mass is 9.95. The van der Waals surface area contributed by atoms with Crippen LogP contribution < -0.4 is 5.32 Å². The Morgan fingerprint density at radius 2 is 1.92 bits per heavy atom. The van der Waals surface area contributed by atoms with Crippen LogP contribution in [0.3, 0.4) is 0 Å². The van der Waals surface area contributed by atoms with Crippen LogP contribution in [0.25, 0.3) is 0 Å². The van der Waals surface area contributed by atoms with E-state index < -0.39 is 5.60 Å². The maximum atomic E-state index is 12.5. The van der Waals surface area contributed by atoms with Crippen molar-refractivity contribution in [2.24, 2.45) is 5.92 Å². The van der Waals surface area contributed by atoms with Crippen molar-refractivity contribution in [2.75, 3.05) is 13.7 Å². The third-order valence-electron chi connectivity index (χ3n) is 4.91. The van der Waals surface area contributed by atoms with Gasteiger partial charge in [0.1, 0.15) is 5.60 Å². The lowest BCUT2D eigenvalue weighted by Crippen LogP contribution is -2.40. The summed E-state index contributed by atoms with van der Waals surface area (Å²) in [6, 6.07) is 15.2. The van der Waals surface area contributed by atoms with E-state index in [1.807, 2.05) is 55.5 Å². The highest BCUT2D eigenvalue weighted by Gasteiger charge is 2.44. The molecule has 0 aliphatic heterocycles. The number of carbonyl (C=O) groups is 1. The minimum atomic E-state index is -0.620. The van der Waals surface area contributed by atoms with Crippen LogP contribution in [0.2, 0.25) is 10.0 Å². The van der Waals surface area contributed by atoms with Crippen molar-refractivity contribution in [3.8, 4) is 0 Å². The lowest BCUT2D eigenvalue weighted by Gasteiger charge is -2.29. The smallest absolute Gasteiger partial charge is 0.223 e. The second kappa shape index (κ2) is 7.36. The van der Waals surface area contributed by atoms with E-state index in [1.165, 1.54) is 0 Å². The third-order valence-corrected chi connectivity index (χ3v) is 5.40. The predicted octanol–water partition coefficient (Wildman–Crippen LogP) is 4.77. The normalized spacial score (nSPS) is 21.4. The van der Waals surface area contributed by atoms with Gasteiger partial charge in [0.2, 0.25) is 5.91 Å². The van der Waals surface area contributed by atoms with Crippen molar-refractivity contribution in [3.63, 3.8) is 0 Å². The summed E-state index contributed by atoms with van der Waals surface area (Å²) in [4.78, 5) is 12.5. The summed E-state index contributed by atoms with van der Waals surface area (Å²) < 4.78 is 5.67. The van der Waals surface area contributed by atoms with E-state index in [0.29, 0.717) is 16.6 Å². The predicted molar refractivity (Wildman–Crippen MR) is 101 cm³/mol. The molecular weight excluding hydrogens is 357 g/mol. The Labute approximate surface area is 158 Å². The van der Waals surface area contributed by atoms with E-state index in [-0.39, 0.29) is 17.7 Å². The Bertz CT molecular complexity index is 763. The van der Waals surface area contributed by atoms with Crippen LogP contribution in [-0.2, 0) is 15.1 Å². The van der Waals surface area contributed by atoms with Crippen molar-refractivity contribution in [1.29, 1.82) is 0 Å². The first kappa shape index (κ1) is 18.2. The Morgan fingerprint density at radius 3 is 2.56 bits per heavy atom. The summed E-state index contributed by atoms with van der Waals surface area (Å²) in [5.74, 6) is 0.351. The van der Waals surface area contributed by atoms with E-state index in [0.717, 1.165) is 17.5 Å². The van der Waals surface area contributed by atoms with E-state index >= 15 is 0 Å². The minimum Gasteiger partial charge on any atom is -0.372 e. The maximum Gasteiger partial charge on any atom is 0.223 e. The van der Waals surface area contributed by atoms with Gasteiger partial charge < -0.3 is 10.1 Å². The van der Waals surface area contributed by atoms with Crippen LogP contribution in [0.1, 0.15) is 30.4 Å². The van der Waals surface area contributed by atoms with E-state index in [4.69, 9.17) is 27.9 Å². The van der Waals surface area contributed by atoms with Crippen molar-refractivity contribution in [1.82, 2.24) is 5.32 Å². The fraction of sp³-hybridized carbons (Fsp3) is 0.350. The third kappa shape index (κ3) is 4.17. The molecule has 5 heteroatoms. The number of nitrogens with one attached hydrogen (secondary N) is 1. The van der Waals surface area contributed by atoms with Crippen LogP contribution >= 0.6 is 23.2 Å². The molecule has 0 bridgehead atoms. The number of methoxy groups -OCH3 is 1. The molecule has 0 radical (unpaired) electrons. The van der Waals surface area contributed by atoms with Gasteiger partial charge in [-0.15, -0.1) is 0 Å². The van der Waals surface area contributed by atoms with Gasteiger partial charge in [0.25, 0.3) is 0 Å². The molecule has 3 atom stereocenters. The zero-order chi connectivity index (χ0) is 18.0. The molecule has 0 saturated heterocycles. The van der Waals surface area contributed by atoms with Gasteiger partial charge >= 0.3 is 0 Å². The van der Waals surface area contributed by atoms with Gasteiger partial charge in [-0.05, 0) is 54.7 Å². The molecule has 2 aromatic rings. The van der Waals surface area contributed by atoms with Crippen LogP contribution in [0.5, 0.6) is 0 Å². The van der Waals surface area contributed by atoms with Crippen LogP contribution in [-0.4, -0.2) is 19.6 Å². The molecule has 3 unspecified atom stereocenters. The Balaban J connectivity index is 1.61. The van der Waals surface area contributed by atoms with Gasteiger partial charge in [-0.25, -0.2) is 0 Å². The van der Waals surface area contributed by atoms with Gasteiger partial charge in [0.05, 0.1) is 6.54 Å². The van der Waals surface area contributed by atoms with Crippen molar-refractivity contribution in [3.05, 3.63) is 69.7 Å². The molecule has 0 heterocycles. The number of rotatable bonds is 6. The molecule has 0 spiro atoms. The molecule has 3 nitrogen and oxygen atoms in total. The monoisotopic (exact) mass is 377 g/mol. The fourth-order valence-corrected chi connectivity index (χ4v) is 3.38. The van der Waals surface area contributed by atoms with Crippen molar-refractivity contribution in [2.45, 2.75) is 24.9 Å². The number of halogens is 2. The quantitative estimate of drug-likeness (QED) is 0.786. The standard InChI is InChI=1S/C20H21Cl2NO2/c1-20(25-2,14-4-3-5-16(22)10-14)12-23-19(24)18-11-17(18)13-6-8-15(21)9-7-13/h3-10,17-18H,11-12H2,1-2H3,(H,23,24). The topological polar surface area (TPSA) is 38.3 Å². The molecule has 0 aromatic heterocycles. The van der Waals surface area contributed by atoms with E-state index in [2.05, 4.69) is 5.32 Å². The lowest BCUT2D eigenvalue weighted by molar-refractivity contribution is -0.124. The van der Waals surface area contributed by atoms with Crippen molar-refractivity contribution < 1.29 is 9.53 Å². The Kier molecular flexibility index (Phi) is 5.38. The molecule has 1 N–H and O–H groups in total. The Hall–Kier alpha value is -1.55. The first-order chi connectivity index (χ1) is 11.9. The molecule has 1 aliphatic rings. The molecule has 1 amide bonds. The highest BCUT2D eigenvalue weighted by Crippen LogP contribution is 2.47. The van der Waals surface area contributed by atoms with Crippen molar-refractivity contribution >= 4 is 29.1 Å². The zero-order valence-electron chi connectivity index (χ0n) is 14.3. The van der Waals surface area contributed by atoms with Gasteiger partial charge in [-0.1, -0.05) is 47.5 Å². The number of ether oxygens (including phenoxy) is 1. The summed E-state index contributed by atoms with van der Waals surface area (Å²) in [5.41, 5.74) is 1.48. The summed E-state index contributed by atoms with van der Waals surface area (Å²) in [6.07, 6.45) is 0.869. The highest BCUT2D eigenvalue weighted by atomic mass is 35.5. The first-order valence-corrected chi connectivity index (χ1v) is 9.03. The Morgan fingerprint density at radius 1 is 1.20 bits per heavy atom. The second-order valence-corrected chi connectivity index (χ2v) is 7.54. The number of carbonyl (C=O) groups excluding carboxylic acids is 1. The van der Waals surface area contributed by atoms with Crippen LogP contribution in [0.4, 0.5) is 0 Å². The molecule has 2 aromatic carbocycles. The molecule has 1 fully saturated rings. The van der Waals surface area contributed by atoms with E-state index in [9.17, 15) is 4.79 Å². The first-order valence-electron chi connectivity index (χ1n) is 8.27. The number of hydrogen-bond acceptors (Lipinski definition) is 2. The fourth-order valence-electron chi connectivity index (χ4n) is 3.06. The average molecular weight is 378 g/mol. The summed E-state index contributed by atoms with van der Waals surface area (Å²) in [6.45, 7) is 2.34. The molecule has 3 rings (SSSR count). The number of amides is 1. The second-order valence-electron chi connectivity index (χ2n) is 6.66. The average Bonchev–Trinajstić information content (AvgIpc) is 3.41. The molecular formula is C20H21Cl2NO2. The molecule has 25 heavy (non-hydrogen) atoms. The van der Waals surface area contributed by atoms with Gasteiger partial charge in [0.15, 0.2) is 0 Å². The zero-order valence-corrected chi connectivity index (χ0v) is 15.8. The van der Waals surface area contributed by atoms with Crippen LogP contribution in [0.15, 0.2) is 48.5 Å². The van der Waals surface area contributed by atoms with Gasteiger partial charge in [0, 0.05) is 23.1 Å². The van der Waals surface area contributed by atoms with Gasteiger partial charge in [-0.2, -0.15) is 0 Å². The largest absolute Gasteiger partial charge is 0.372 e. The summed E-state index contributed by atoms with van der Waals surface area (Å²) in [7, 11) is 1.64. The molecule has 1 aliphatic carbocycles. The highest BCUT2D eigenvalue weighted by molar-refractivity contribution is 6.30. The molecule has 1 saturated carbocycles.